The van der Waals surface area contributed by atoms with Crippen molar-refractivity contribution in [3.8, 4) is 22.3 Å². The highest BCUT2D eigenvalue weighted by Gasteiger charge is 2.21. The topological polar surface area (TPSA) is 0 Å². The fraction of sp³-hybridized carbons (Fsp3) is 0.130. The summed E-state index contributed by atoms with van der Waals surface area (Å²) in [5, 5.41) is 7.61. The molecule has 0 fully saturated rings. The molecule has 0 N–H and O–H groups in total. The fourth-order valence-corrected chi connectivity index (χ4v) is 7.28. The summed E-state index contributed by atoms with van der Waals surface area (Å²) in [5.41, 5.74) is 15.5. The van der Waals surface area contributed by atoms with Crippen molar-refractivity contribution in [3.63, 3.8) is 0 Å². The Balaban J connectivity index is 1.54. The van der Waals surface area contributed by atoms with Crippen LogP contribution in [0.2, 0.25) is 0 Å². The molecule has 0 heterocycles. The van der Waals surface area contributed by atoms with Gasteiger partial charge in [-0.2, -0.15) is 0 Å². The zero-order valence-electron chi connectivity index (χ0n) is 27.5. The minimum atomic E-state index is 0.923. The minimum Gasteiger partial charge on any atom is -0.0909 e. The van der Waals surface area contributed by atoms with Crippen molar-refractivity contribution in [2.24, 2.45) is 0 Å². The summed E-state index contributed by atoms with van der Waals surface area (Å²) >= 11 is 0. The largest absolute Gasteiger partial charge is 0.0909 e. The Hall–Kier alpha value is -5.20. The third-order valence-electron chi connectivity index (χ3n) is 10.1. The molecule has 0 bridgehead atoms. The Kier molecular flexibility index (Phi) is 7.67. The van der Waals surface area contributed by atoms with E-state index < -0.39 is 0 Å². The lowest BCUT2D eigenvalue weighted by Gasteiger charge is -2.23. The number of hydrogen-bond donors (Lipinski definition) is 0. The highest BCUT2D eigenvalue weighted by molar-refractivity contribution is 6.23. The maximum atomic E-state index is 4.56. The van der Waals surface area contributed by atoms with Crippen molar-refractivity contribution in [2.75, 3.05) is 0 Å². The van der Waals surface area contributed by atoms with Gasteiger partial charge in [0.05, 0.1) is 0 Å². The van der Waals surface area contributed by atoms with Gasteiger partial charge < -0.3 is 0 Å². The molecule has 46 heavy (non-hydrogen) atoms. The molecule has 6 aromatic rings. The van der Waals surface area contributed by atoms with Crippen LogP contribution in [0, 0.1) is 0 Å². The molecule has 0 aromatic heterocycles. The number of hydrogen-bond acceptors (Lipinski definition) is 0. The highest BCUT2D eigenvalue weighted by atomic mass is 14.2. The second kappa shape index (κ2) is 12.0. The molecule has 0 saturated heterocycles. The van der Waals surface area contributed by atoms with E-state index in [0.717, 1.165) is 12.0 Å². The van der Waals surface area contributed by atoms with E-state index in [9.17, 15) is 0 Å². The molecule has 7 rings (SSSR count). The standard InChI is InChI=1S/C46H40/c1-7-8-9-16-34-26-35-17-10-11-18-39(35)44(27-34)46-42-21-14-12-19-40(42)45(41-20-13-15-22-43(41)46)36-23-24-38-33(6)32(5)31(4)30(3)29(2)25-37(38)28-36/h7-24,26-28H,6,25H2,1-5H3/b8-7-,16-9-,30-29-,32-31-. The maximum Gasteiger partial charge on any atom is -0.00199 e. The molecule has 224 valence electrons. The molecular formula is C46H40. The molecule has 1 aliphatic carbocycles. The lowest BCUT2D eigenvalue weighted by Crippen LogP contribution is -2.04. The zero-order valence-corrected chi connectivity index (χ0v) is 27.5. The van der Waals surface area contributed by atoms with Crippen LogP contribution in [0.4, 0.5) is 0 Å². The molecular weight excluding hydrogens is 553 g/mol. The summed E-state index contributed by atoms with van der Waals surface area (Å²) in [5.74, 6) is 0. The van der Waals surface area contributed by atoms with Crippen molar-refractivity contribution >= 4 is 44.0 Å². The first-order valence-corrected chi connectivity index (χ1v) is 16.3. The van der Waals surface area contributed by atoms with Gasteiger partial charge in [0.1, 0.15) is 0 Å². The Labute approximate surface area is 273 Å². The van der Waals surface area contributed by atoms with E-state index in [1.165, 1.54) is 93.6 Å². The lowest BCUT2D eigenvalue weighted by atomic mass is 9.81. The van der Waals surface area contributed by atoms with Crippen molar-refractivity contribution in [1.82, 2.24) is 0 Å². The SMILES string of the molecule is C=C1/C(C)=C(C)\C(C)=C(\C)Cc2cc(-c3c4ccccc4c(-c4cc(/C=C\C=C/C)cc5ccccc45)c4ccccc34)ccc21. The summed E-state index contributed by atoms with van der Waals surface area (Å²) in [6.07, 6.45) is 9.40. The third-order valence-corrected chi connectivity index (χ3v) is 10.1. The van der Waals surface area contributed by atoms with Gasteiger partial charge >= 0.3 is 0 Å². The van der Waals surface area contributed by atoms with Crippen LogP contribution in [-0.2, 0) is 6.42 Å². The smallest absolute Gasteiger partial charge is 0.00199 e. The quantitative estimate of drug-likeness (QED) is 0.141. The Morgan fingerprint density at radius 2 is 1.17 bits per heavy atom. The number of allylic oxidation sites excluding steroid dienone is 8. The number of benzene rings is 6. The van der Waals surface area contributed by atoms with Crippen LogP contribution in [0.3, 0.4) is 0 Å². The summed E-state index contributed by atoms with van der Waals surface area (Å²) in [4.78, 5) is 0. The number of fused-ring (bicyclic) bond motifs is 4. The van der Waals surface area contributed by atoms with Crippen molar-refractivity contribution < 1.29 is 0 Å². The Morgan fingerprint density at radius 3 is 1.83 bits per heavy atom. The van der Waals surface area contributed by atoms with E-state index in [-0.39, 0.29) is 0 Å². The molecule has 0 spiro atoms. The van der Waals surface area contributed by atoms with Crippen molar-refractivity contribution in [2.45, 2.75) is 41.0 Å². The van der Waals surface area contributed by atoms with Gasteiger partial charge in [0.2, 0.25) is 0 Å². The van der Waals surface area contributed by atoms with Gasteiger partial charge in [-0.05, 0) is 147 Å². The van der Waals surface area contributed by atoms with Crippen LogP contribution < -0.4 is 0 Å². The molecule has 0 unspecified atom stereocenters. The highest BCUT2D eigenvalue weighted by Crippen LogP contribution is 2.46. The average Bonchev–Trinajstić information content (AvgIpc) is 3.08. The van der Waals surface area contributed by atoms with Crippen molar-refractivity contribution in [3.05, 3.63) is 167 Å². The maximum absolute atomic E-state index is 4.56. The van der Waals surface area contributed by atoms with E-state index in [2.05, 4.69) is 169 Å². The lowest BCUT2D eigenvalue weighted by molar-refractivity contribution is 1.07. The number of rotatable bonds is 4. The van der Waals surface area contributed by atoms with Gasteiger partial charge in [-0.3, -0.25) is 0 Å². The minimum absolute atomic E-state index is 0.923. The second-order valence-electron chi connectivity index (χ2n) is 12.7. The van der Waals surface area contributed by atoms with Crippen LogP contribution in [-0.4, -0.2) is 0 Å². The molecule has 0 saturated carbocycles. The van der Waals surface area contributed by atoms with E-state index in [4.69, 9.17) is 0 Å². The van der Waals surface area contributed by atoms with Gasteiger partial charge in [0.15, 0.2) is 0 Å². The summed E-state index contributed by atoms with van der Waals surface area (Å²) in [6, 6.07) is 38.4. The molecule has 0 heteroatoms. The van der Waals surface area contributed by atoms with Crippen molar-refractivity contribution in [1.29, 1.82) is 0 Å². The molecule has 6 aromatic carbocycles. The van der Waals surface area contributed by atoms with Gasteiger partial charge in [-0.25, -0.2) is 0 Å². The van der Waals surface area contributed by atoms with Gasteiger partial charge in [0.25, 0.3) is 0 Å². The van der Waals surface area contributed by atoms with Gasteiger partial charge in [0, 0.05) is 0 Å². The first-order chi connectivity index (χ1) is 22.4. The summed E-state index contributed by atoms with van der Waals surface area (Å²) < 4.78 is 0. The van der Waals surface area contributed by atoms with Gasteiger partial charge in [-0.1, -0.05) is 127 Å². The van der Waals surface area contributed by atoms with E-state index in [0.29, 0.717) is 0 Å². The predicted molar refractivity (Wildman–Crippen MR) is 203 cm³/mol. The first-order valence-electron chi connectivity index (χ1n) is 16.3. The van der Waals surface area contributed by atoms with Crippen LogP contribution in [0.5, 0.6) is 0 Å². The monoisotopic (exact) mass is 592 g/mol. The molecule has 0 amide bonds. The zero-order chi connectivity index (χ0) is 31.9. The summed E-state index contributed by atoms with van der Waals surface area (Å²) in [7, 11) is 0. The molecule has 1 aliphatic rings. The Morgan fingerprint density at radius 1 is 0.565 bits per heavy atom. The Bertz CT molecular complexity index is 2270. The van der Waals surface area contributed by atoms with Crippen LogP contribution in [0.1, 0.15) is 51.3 Å². The second-order valence-corrected chi connectivity index (χ2v) is 12.7. The first kappa shape index (κ1) is 29.5. The summed E-state index contributed by atoms with van der Waals surface area (Å²) in [6.45, 7) is 15.6. The van der Waals surface area contributed by atoms with E-state index in [1.807, 2.05) is 0 Å². The third kappa shape index (κ3) is 4.95. The van der Waals surface area contributed by atoms with Gasteiger partial charge in [-0.15, -0.1) is 0 Å². The van der Waals surface area contributed by atoms with Crippen LogP contribution in [0.15, 0.2) is 150 Å². The molecule has 0 nitrogen and oxygen atoms in total. The molecule has 0 aliphatic heterocycles. The molecule has 0 atom stereocenters. The fourth-order valence-electron chi connectivity index (χ4n) is 7.28. The predicted octanol–water partition coefficient (Wildman–Crippen LogP) is 13.3. The molecule has 0 radical (unpaired) electrons. The van der Waals surface area contributed by atoms with E-state index in [1.54, 1.807) is 0 Å². The van der Waals surface area contributed by atoms with Crippen LogP contribution >= 0.6 is 0 Å². The normalized spacial score (nSPS) is 17.4. The van der Waals surface area contributed by atoms with E-state index >= 15 is 0 Å². The average molecular weight is 593 g/mol. The van der Waals surface area contributed by atoms with Crippen LogP contribution in [0.25, 0.3) is 66.2 Å².